The summed E-state index contributed by atoms with van der Waals surface area (Å²) < 4.78 is 39.2. The van der Waals surface area contributed by atoms with Crippen LogP contribution in [0.25, 0.3) is 0 Å². The molecule has 0 aliphatic carbocycles. The van der Waals surface area contributed by atoms with Gasteiger partial charge in [-0.3, -0.25) is 0 Å². The lowest BCUT2D eigenvalue weighted by molar-refractivity contribution is -0.141. The number of piperidine rings is 1. The maximum absolute atomic E-state index is 13.1. The van der Waals surface area contributed by atoms with Gasteiger partial charge in [0.15, 0.2) is 0 Å². The summed E-state index contributed by atoms with van der Waals surface area (Å²) >= 11 is 0. The maximum Gasteiger partial charge on any atom is 0.418 e. The van der Waals surface area contributed by atoms with Crippen LogP contribution in [-0.4, -0.2) is 23.7 Å². The van der Waals surface area contributed by atoms with Crippen LogP contribution in [0.4, 0.5) is 18.9 Å². The molecule has 0 spiro atoms. The van der Waals surface area contributed by atoms with Gasteiger partial charge in [-0.2, -0.15) is 13.2 Å². The highest BCUT2D eigenvalue weighted by atomic mass is 19.4. The second-order valence-corrected chi connectivity index (χ2v) is 5.11. The number of para-hydroxylation sites is 1. The Morgan fingerprint density at radius 1 is 1.35 bits per heavy atom. The van der Waals surface area contributed by atoms with E-state index in [9.17, 15) is 23.1 Å². The first-order valence-corrected chi connectivity index (χ1v) is 6.48. The van der Waals surface area contributed by atoms with Crippen LogP contribution in [0.3, 0.4) is 0 Å². The summed E-state index contributed by atoms with van der Waals surface area (Å²) in [7, 11) is 0. The van der Waals surface area contributed by atoms with Gasteiger partial charge < -0.3 is 10.0 Å². The van der Waals surface area contributed by atoms with Crippen LogP contribution >= 0.6 is 0 Å². The molecular formula is C14H16F3NO2. The Balaban J connectivity index is 2.46. The van der Waals surface area contributed by atoms with Crippen LogP contribution in [0.1, 0.15) is 25.3 Å². The first-order valence-electron chi connectivity index (χ1n) is 6.48. The molecule has 1 aliphatic rings. The first-order chi connectivity index (χ1) is 9.32. The Bertz CT molecular complexity index is 501. The van der Waals surface area contributed by atoms with E-state index in [2.05, 4.69) is 0 Å². The predicted molar refractivity (Wildman–Crippen MR) is 68.6 cm³/mol. The number of anilines is 1. The van der Waals surface area contributed by atoms with Crippen LogP contribution in [0, 0.1) is 5.92 Å². The van der Waals surface area contributed by atoms with Gasteiger partial charge in [-0.25, -0.2) is 4.79 Å². The molecule has 2 atom stereocenters. The fourth-order valence-electron chi connectivity index (χ4n) is 2.80. The van der Waals surface area contributed by atoms with Crippen molar-refractivity contribution in [2.24, 2.45) is 5.92 Å². The van der Waals surface area contributed by atoms with E-state index in [1.165, 1.54) is 23.1 Å². The van der Waals surface area contributed by atoms with Crippen molar-refractivity contribution in [3.63, 3.8) is 0 Å². The van der Waals surface area contributed by atoms with Crippen LogP contribution in [-0.2, 0) is 11.0 Å². The molecule has 20 heavy (non-hydrogen) atoms. The third-order valence-corrected chi connectivity index (χ3v) is 3.71. The normalized spacial score (nSPS) is 23.7. The number of carboxylic acids is 1. The first kappa shape index (κ1) is 14.7. The summed E-state index contributed by atoms with van der Waals surface area (Å²) in [5.41, 5.74) is -0.820. The quantitative estimate of drug-likeness (QED) is 0.906. The zero-order valence-corrected chi connectivity index (χ0v) is 11.0. The monoisotopic (exact) mass is 287 g/mol. The Morgan fingerprint density at radius 3 is 2.60 bits per heavy atom. The topological polar surface area (TPSA) is 40.5 Å². The molecule has 1 aliphatic heterocycles. The number of alkyl halides is 3. The highest BCUT2D eigenvalue weighted by Gasteiger charge is 2.40. The molecule has 1 aromatic carbocycles. The molecule has 1 saturated heterocycles. The van der Waals surface area contributed by atoms with Gasteiger partial charge in [0.1, 0.15) is 6.04 Å². The third kappa shape index (κ3) is 2.73. The van der Waals surface area contributed by atoms with Crippen molar-refractivity contribution in [2.45, 2.75) is 32.0 Å². The van der Waals surface area contributed by atoms with Crippen LogP contribution < -0.4 is 4.90 Å². The lowest BCUT2D eigenvalue weighted by Gasteiger charge is -2.40. The van der Waals surface area contributed by atoms with E-state index in [0.29, 0.717) is 19.4 Å². The minimum atomic E-state index is -4.49. The number of rotatable bonds is 2. The molecule has 110 valence electrons. The van der Waals surface area contributed by atoms with Crippen molar-refractivity contribution in [2.75, 3.05) is 11.4 Å². The molecule has 2 rings (SSSR count). The maximum atomic E-state index is 13.1. The number of aliphatic carboxylic acids is 1. The number of halogens is 3. The lowest BCUT2D eigenvalue weighted by atomic mass is 9.90. The highest BCUT2D eigenvalue weighted by Crippen LogP contribution is 2.39. The van der Waals surface area contributed by atoms with Gasteiger partial charge in [0.2, 0.25) is 0 Å². The van der Waals surface area contributed by atoms with Gasteiger partial charge in [0.25, 0.3) is 0 Å². The van der Waals surface area contributed by atoms with E-state index >= 15 is 0 Å². The van der Waals surface area contributed by atoms with Crippen molar-refractivity contribution in [3.8, 4) is 0 Å². The molecule has 1 heterocycles. The smallest absolute Gasteiger partial charge is 0.418 e. The zero-order valence-electron chi connectivity index (χ0n) is 11.0. The number of nitrogens with zero attached hydrogens (tertiary/aromatic N) is 1. The zero-order chi connectivity index (χ0) is 14.9. The molecule has 0 saturated carbocycles. The number of carbonyl (C=O) groups is 1. The molecule has 0 radical (unpaired) electrons. The van der Waals surface area contributed by atoms with Crippen molar-refractivity contribution in [1.29, 1.82) is 0 Å². The van der Waals surface area contributed by atoms with E-state index in [1.807, 2.05) is 0 Å². The van der Waals surface area contributed by atoms with Crippen molar-refractivity contribution >= 4 is 11.7 Å². The summed E-state index contributed by atoms with van der Waals surface area (Å²) in [6.45, 7) is 2.09. The Hall–Kier alpha value is -1.72. The fourth-order valence-corrected chi connectivity index (χ4v) is 2.80. The van der Waals surface area contributed by atoms with Gasteiger partial charge in [-0.15, -0.1) is 0 Å². The van der Waals surface area contributed by atoms with E-state index in [4.69, 9.17) is 0 Å². The average molecular weight is 287 g/mol. The average Bonchev–Trinajstić information content (AvgIpc) is 2.37. The Labute approximate surface area is 115 Å². The second-order valence-electron chi connectivity index (χ2n) is 5.11. The molecule has 3 nitrogen and oxygen atoms in total. The summed E-state index contributed by atoms with van der Waals surface area (Å²) in [5.74, 6) is -1.25. The molecule has 6 heteroatoms. The summed E-state index contributed by atoms with van der Waals surface area (Å²) in [6.07, 6.45) is -3.08. The molecule has 1 aromatic rings. The van der Waals surface area contributed by atoms with E-state index in [1.54, 1.807) is 6.92 Å². The van der Waals surface area contributed by atoms with E-state index in [0.717, 1.165) is 6.07 Å². The van der Waals surface area contributed by atoms with E-state index in [-0.39, 0.29) is 11.6 Å². The van der Waals surface area contributed by atoms with Gasteiger partial charge in [-0.1, -0.05) is 19.1 Å². The number of carboxylic acid groups (broad SMARTS) is 1. The molecule has 0 amide bonds. The molecular weight excluding hydrogens is 271 g/mol. The highest BCUT2D eigenvalue weighted by molar-refractivity contribution is 5.79. The SMILES string of the molecule is CC1CCCN(c2ccccc2C(F)(F)F)C1C(=O)O. The summed E-state index contributed by atoms with van der Waals surface area (Å²) in [4.78, 5) is 12.8. The molecule has 2 unspecified atom stereocenters. The molecule has 0 aromatic heterocycles. The minimum absolute atomic E-state index is 0.0426. The van der Waals surface area contributed by atoms with Crippen molar-refractivity contribution in [1.82, 2.24) is 0 Å². The predicted octanol–water partition coefficient (Wildman–Crippen LogP) is 3.39. The number of benzene rings is 1. The van der Waals surface area contributed by atoms with Crippen molar-refractivity contribution in [3.05, 3.63) is 29.8 Å². The number of hydrogen-bond acceptors (Lipinski definition) is 2. The largest absolute Gasteiger partial charge is 0.480 e. The third-order valence-electron chi connectivity index (χ3n) is 3.71. The van der Waals surface area contributed by atoms with Gasteiger partial charge in [0.05, 0.1) is 5.56 Å². The molecule has 0 bridgehead atoms. The standard InChI is InChI=1S/C14H16F3NO2/c1-9-5-4-8-18(12(9)13(19)20)11-7-3-2-6-10(11)14(15,16)17/h2-3,6-7,9,12H,4-5,8H2,1H3,(H,19,20). The van der Waals surface area contributed by atoms with Gasteiger partial charge in [-0.05, 0) is 30.9 Å². The second kappa shape index (κ2) is 5.34. The number of hydrogen-bond donors (Lipinski definition) is 1. The Kier molecular flexibility index (Phi) is 3.92. The van der Waals surface area contributed by atoms with Crippen LogP contribution in [0.15, 0.2) is 24.3 Å². The lowest BCUT2D eigenvalue weighted by Crippen LogP contribution is -2.50. The van der Waals surface area contributed by atoms with Gasteiger partial charge in [0, 0.05) is 12.2 Å². The van der Waals surface area contributed by atoms with Crippen LogP contribution in [0.2, 0.25) is 0 Å². The van der Waals surface area contributed by atoms with Crippen LogP contribution in [0.5, 0.6) is 0 Å². The van der Waals surface area contributed by atoms with E-state index < -0.39 is 23.8 Å². The summed E-state index contributed by atoms with van der Waals surface area (Å²) in [6, 6.07) is 4.25. The fraction of sp³-hybridized carbons (Fsp3) is 0.500. The van der Waals surface area contributed by atoms with Crippen molar-refractivity contribution < 1.29 is 23.1 Å². The summed E-state index contributed by atoms with van der Waals surface area (Å²) in [5, 5.41) is 9.31. The minimum Gasteiger partial charge on any atom is -0.480 e. The Morgan fingerprint density at radius 2 is 2.00 bits per heavy atom. The van der Waals surface area contributed by atoms with Gasteiger partial charge >= 0.3 is 12.1 Å². The molecule has 1 N–H and O–H groups in total. The molecule has 1 fully saturated rings.